The van der Waals surface area contributed by atoms with Gasteiger partial charge >= 0.3 is 5.97 Å². The Hall–Kier alpha value is -1.51. The van der Waals surface area contributed by atoms with Crippen LogP contribution in [-0.2, 0) is 11.2 Å². The number of methoxy groups -OCH3 is 1. The minimum Gasteiger partial charge on any atom is -0.465 e. The highest BCUT2D eigenvalue weighted by atomic mass is 16.5. The Labute approximate surface area is 109 Å². The van der Waals surface area contributed by atoms with E-state index in [0.717, 1.165) is 23.6 Å². The van der Waals surface area contributed by atoms with Gasteiger partial charge in [-0.05, 0) is 49.8 Å². The van der Waals surface area contributed by atoms with E-state index in [1.165, 1.54) is 20.0 Å². The van der Waals surface area contributed by atoms with Crippen molar-refractivity contribution in [3.8, 4) is 0 Å². The highest BCUT2D eigenvalue weighted by molar-refractivity contribution is 5.92. The minimum absolute atomic E-state index is 0.255. The number of ether oxygens (including phenoxy) is 1. The van der Waals surface area contributed by atoms with Crippen molar-refractivity contribution in [2.45, 2.75) is 39.2 Å². The lowest BCUT2D eigenvalue weighted by atomic mass is 10.0. The first-order chi connectivity index (χ1) is 8.67. The van der Waals surface area contributed by atoms with Gasteiger partial charge in [0, 0.05) is 11.7 Å². The smallest absolute Gasteiger partial charge is 0.338 e. The van der Waals surface area contributed by atoms with Gasteiger partial charge in [0.05, 0.1) is 12.7 Å². The Balaban J connectivity index is 2.25. The zero-order valence-electron chi connectivity index (χ0n) is 11.3. The third-order valence-electron chi connectivity index (χ3n) is 3.65. The van der Waals surface area contributed by atoms with E-state index in [9.17, 15) is 4.79 Å². The molecule has 0 heterocycles. The van der Waals surface area contributed by atoms with Gasteiger partial charge < -0.3 is 10.1 Å². The van der Waals surface area contributed by atoms with Crippen LogP contribution in [0.4, 0.5) is 5.69 Å². The van der Waals surface area contributed by atoms with Gasteiger partial charge in [-0.1, -0.05) is 13.0 Å². The summed E-state index contributed by atoms with van der Waals surface area (Å²) in [5.74, 6) is 0.533. The molecule has 0 saturated heterocycles. The van der Waals surface area contributed by atoms with E-state index >= 15 is 0 Å². The summed E-state index contributed by atoms with van der Waals surface area (Å²) >= 11 is 0. The Morgan fingerprint density at radius 1 is 1.50 bits per heavy atom. The third-order valence-corrected chi connectivity index (χ3v) is 3.65. The standard InChI is InChI=1S/C15H21NO2/c1-4-12-13(15(17)18-3)6-5-7-14(12)16-10(2)11-8-9-11/h5-7,10-11,16H,4,8-9H2,1-3H3. The van der Waals surface area contributed by atoms with E-state index in [-0.39, 0.29) is 5.97 Å². The van der Waals surface area contributed by atoms with Crippen molar-refractivity contribution in [3.05, 3.63) is 29.3 Å². The zero-order valence-corrected chi connectivity index (χ0v) is 11.3. The molecule has 0 bridgehead atoms. The number of anilines is 1. The van der Waals surface area contributed by atoms with Crippen molar-refractivity contribution in [2.75, 3.05) is 12.4 Å². The maximum atomic E-state index is 11.7. The molecule has 18 heavy (non-hydrogen) atoms. The fourth-order valence-corrected chi connectivity index (χ4v) is 2.36. The van der Waals surface area contributed by atoms with Crippen molar-refractivity contribution in [3.63, 3.8) is 0 Å². The largest absolute Gasteiger partial charge is 0.465 e. The van der Waals surface area contributed by atoms with Crippen LogP contribution in [0.15, 0.2) is 18.2 Å². The van der Waals surface area contributed by atoms with E-state index in [1.807, 2.05) is 18.2 Å². The van der Waals surface area contributed by atoms with Crippen LogP contribution in [0.2, 0.25) is 0 Å². The molecule has 0 radical (unpaired) electrons. The lowest BCUT2D eigenvalue weighted by Crippen LogP contribution is -2.19. The van der Waals surface area contributed by atoms with Crippen LogP contribution in [0.3, 0.4) is 0 Å². The van der Waals surface area contributed by atoms with Gasteiger partial charge in [0.15, 0.2) is 0 Å². The molecule has 1 aliphatic carbocycles. The second kappa shape index (κ2) is 5.42. The van der Waals surface area contributed by atoms with E-state index in [4.69, 9.17) is 4.74 Å². The zero-order chi connectivity index (χ0) is 13.1. The predicted molar refractivity (Wildman–Crippen MR) is 73.0 cm³/mol. The maximum absolute atomic E-state index is 11.7. The number of esters is 1. The second-order valence-electron chi connectivity index (χ2n) is 4.95. The molecule has 0 amide bonds. The van der Waals surface area contributed by atoms with Gasteiger partial charge in [0.1, 0.15) is 0 Å². The summed E-state index contributed by atoms with van der Waals surface area (Å²) in [5, 5.41) is 3.53. The average molecular weight is 247 g/mol. The van der Waals surface area contributed by atoms with Crippen molar-refractivity contribution >= 4 is 11.7 Å². The number of nitrogens with one attached hydrogen (secondary N) is 1. The molecule has 1 fully saturated rings. The van der Waals surface area contributed by atoms with Crippen LogP contribution in [0, 0.1) is 5.92 Å². The molecule has 1 unspecified atom stereocenters. The summed E-state index contributed by atoms with van der Waals surface area (Å²) in [7, 11) is 1.43. The van der Waals surface area contributed by atoms with Gasteiger partial charge in [-0.15, -0.1) is 0 Å². The molecule has 0 spiro atoms. The second-order valence-corrected chi connectivity index (χ2v) is 4.95. The fraction of sp³-hybridized carbons (Fsp3) is 0.533. The Kier molecular flexibility index (Phi) is 3.90. The minimum atomic E-state index is -0.255. The first-order valence-corrected chi connectivity index (χ1v) is 6.64. The van der Waals surface area contributed by atoms with E-state index < -0.39 is 0 Å². The molecular weight excluding hydrogens is 226 g/mol. The van der Waals surface area contributed by atoms with Crippen molar-refractivity contribution in [1.82, 2.24) is 0 Å². The molecule has 2 rings (SSSR count). The maximum Gasteiger partial charge on any atom is 0.338 e. The first kappa shape index (κ1) is 12.9. The summed E-state index contributed by atoms with van der Waals surface area (Å²) < 4.78 is 4.83. The molecule has 1 aromatic rings. The van der Waals surface area contributed by atoms with Gasteiger partial charge in [-0.25, -0.2) is 4.79 Å². The number of hydrogen-bond donors (Lipinski definition) is 1. The third kappa shape index (κ3) is 2.66. The molecule has 3 heteroatoms. The Morgan fingerprint density at radius 2 is 2.22 bits per heavy atom. The molecule has 1 aromatic carbocycles. The molecular formula is C15H21NO2. The summed E-state index contributed by atoms with van der Waals surface area (Å²) in [6.45, 7) is 4.27. The van der Waals surface area contributed by atoms with Crippen molar-refractivity contribution in [2.24, 2.45) is 5.92 Å². The molecule has 0 aromatic heterocycles. The highest BCUT2D eigenvalue weighted by Gasteiger charge is 2.28. The number of carbonyl (C=O) groups excluding carboxylic acids is 1. The van der Waals surface area contributed by atoms with E-state index in [2.05, 4.69) is 19.2 Å². The first-order valence-electron chi connectivity index (χ1n) is 6.64. The predicted octanol–water partition coefficient (Wildman–Crippen LogP) is 3.25. The number of carbonyl (C=O) groups is 1. The van der Waals surface area contributed by atoms with Gasteiger partial charge in [0.2, 0.25) is 0 Å². The van der Waals surface area contributed by atoms with Crippen LogP contribution in [-0.4, -0.2) is 19.1 Å². The van der Waals surface area contributed by atoms with Crippen LogP contribution in [0.25, 0.3) is 0 Å². The molecule has 0 aliphatic heterocycles. The van der Waals surface area contributed by atoms with E-state index in [1.54, 1.807) is 0 Å². The summed E-state index contributed by atoms with van der Waals surface area (Å²) in [6.07, 6.45) is 3.45. The Bertz CT molecular complexity index is 438. The summed E-state index contributed by atoms with van der Waals surface area (Å²) in [4.78, 5) is 11.7. The fourth-order valence-electron chi connectivity index (χ4n) is 2.36. The van der Waals surface area contributed by atoms with Gasteiger partial charge in [-0.3, -0.25) is 0 Å². The van der Waals surface area contributed by atoms with Crippen LogP contribution in [0.1, 0.15) is 42.6 Å². The number of benzene rings is 1. The molecule has 1 aliphatic rings. The lowest BCUT2D eigenvalue weighted by Gasteiger charge is -2.18. The highest BCUT2D eigenvalue weighted by Crippen LogP contribution is 2.34. The van der Waals surface area contributed by atoms with Crippen molar-refractivity contribution in [1.29, 1.82) is 0 Å². The molecule has 1 atom stereocenters. The monoisotopic (exact) mass is 247 g/mol. The number of rotatable bonds is 5. The van der Waals surface area contributed by atoms with Crippen LogP contribution in [0.5, 0.6) is 0 Å². The topological polar surface area (TPSA) is 38.3 Å². The molecule has 1 saturated carbocycles. The van der Waals surface area contributed by atoms with Crippen LogP contribution < -0.4 is 5.32 Å². The average Bonchev–Trinajstić information content (AvgIpc) is 3.21. The molecule has 1 N–H and O–H groups in total. The van der Waals surface area contributed by atoms with Crippen LogP contribution >= 0.6 is 0 Å². The normalized spacial score (nSPS) is 16.2. The molecule has 98 valence electrons. The Morgan fingerprint density at radius 3 is 2.78 bits per heavy atom. The summed E-state index contributed by atoms with van der Waals surface area (Å²) in [6, 6.07) is 6.26. The van der Waals surface area contributed by atoms with Gasteiger partial charge in [-0.2, -0.15) is 0 Å². The van der Waals surface area contributed by atoms with E-state index in [0.29, 0.717) is 11.6 Å². The van der Waals surface area contributed by atoms with Crippen molar-refractivity contribution < 1.29 is 9.53 Å². The summed E-state index contributed by atoms with van der Waals surface area (Å²) in [5.41, 5.74) is 2.80. The lowest BCUT2D eigenvalue weighted by molar-refractivity contribution is 0.0599. The molecule has 3 nitrogen and oxygen atoms in total. The quantitative estimate of drug-likeness (QED) is 0.812. The number of hydrogen-bond acceptors (Lipinski definition) is 3. The SMILES string of the molecule is CCc1c(NC(C)C2CC2)cccc1C(=O)OC. The van der Waals surface area contributed by atoms with Gasteiger partial charge in [0.25, 0.3) is 0 Å².